The molecule has 0 bridgehead atoms. The molecule has 1 N–H and O–H groups in total. The van der Waals surface area contributed by atoms with Gasteiger partial charge in [-0.3, -0.25) is 9.69 Å². The van der Waals surface area contributed by atoms with Gasteiger partial charge in [-0.15, -0.1) is 0 Å². The second kappa shape index (κ2) is 5.27. The van der Waals surface area contributed by atoms with Crippen molar-refractivity contribution >= 4 is 5.78 Å². The summed E-state index contributed by atoms with van der Waals surface area (Å²) in [5, 5.41) is 8.54. The minimum absolute atomic E-state index is 0.0937. The maximum atomic E-state index is 11.1. The van der Waals surface area contributed by atoms with Crippen LogP contribution in [0.15, 0.2) is 0 Å². The van der Waals surface area contributed by atoms with E-state index >= 15 is 0 Å². The molecule has 3 heteroatoms. The van der Waals surface area contributed by atoms with Crippen LogP contribution in [-0.4, -0.2) is 42.5 Å². The van der Waals surface area contributed by atoms with Crippen molar-refractivity contribution in [3.05, 3.63) is 0 Å². The van der Waals surface area contributed by atoms with E-state index in [1.165, 1.54) is 0 Å². The van der Waals surface area contributed by atoms with Gasteiger partial charge in [0.05, 0.1) is 13.2 Å². The van der Waals surface area contributed by atoms with Crippen molar-refractivity contribution in [3.8, 4) is 0 Å². The van der Waals surface area contributed by atoms with E-state index in [9.17, 15) is 4.79 Å². The highest BCUT2D eigenvalue weighted by molar-refractivity contribution is 5.82. The number of carbonyl (C=O) groups is 1. The number of aliphatic hydroxyl groups excluding tert-OH is 1. The van der Waals surface area contributed by atoms with Crippen LogP contribution in [-0.2, 0) is 4.79 Å². The van der Waals surface area contributed by atoms with Gasteiger partial charge in [-0.2, -0.15) is 0 Å². The van der Waals surface area contributed by atoms with Crippen molar-refractivity contribution in [2.45, 2.75) is 13.8 Å². The van der Waals surface area contributed by atoms with E-state index in [0.717, 1.165) is 0 Å². The van der Waals surface area contributed by atoms with Crippen molar-refractivity contribution in [1.82, 2.24) is 4.90 Å². The van der Waals surface area contributed by atoms with Crippen LogP contribution in [0.2, 0.25) is 0 Å². The van der Waals surface area contributed by atoms with Crippen molar-refractivity contribution in [3.63, 3.8) is 0 Å². The van der Waals surface area contributed by atoms with Gasteiger partial charge in [-0.05, 0) is 7.05 Å². The first-order valence-corrected chi connectivity index (χ1v) is 3.90. The van der Waals surface area contributed by atoms with Gasteiger partial charge < -0.3 is 5.11 Å². The topological polar surface area (TPSA) is 40.5 Å². The van der Waals surface area contributed by atoms with E-state index in [1.807, 2.05) is 25.8 Å². The lowest BCUT2D eigenvalue weighted by atomic mass is 10.1. The van der Waals surface area contributed by atoms with E-state index < -0.39 is 0 Å². The van der Waals surface area contributed by atoms with Crippen LogP contribution in [0.5, 0.6) is 0 Å². The average Bonchev–Trinajstić information content (AvgIpc) is 1.87. The van der Waals surface area contributed by atoms with Gasteiger partial charge in [0.15, 0.2) is 0 Å². The molecule has 0 heterocycles. The summed E-state index contributed by atoms with van der Waals surface area (Å²) in [7, 11) is 1.83. The predicted octanol–water partition coefficient (Wildman–Crippen LogP) is 0.136. The highest BCUT2D eigenvalue weighted by Crippen LogP contribution is 1.95. The van der Waals surface area contributed by atoms with E-state index in [4.69, 9.17) is 5.11 Å². The zero-order valence-electron chi connectivity index (χ0n) is 7.50. The zero-order valence-corrected chi connectivity index (χ0v) is 7.50. The summed E-state index contributed by atoms with van der Waals surface area (Å²) < 4.78 is 0. The van der Waals surface area contributed by atoms with Crippen LogP contribution < -0.4 is 0 Å². The van der Waals surface area contributed by atoms with Gasteiger partial charge in [-0.25, -0.2) is 0 Å². The number of rotatable bonds is 5. The normalized spacial score (nSPS) is 11.1. The molecule has 0 saturated heterocycles. The fraction of sp³-hybridized carbons (Fsp3) is 0.875. The largest absolute Gasteiger partial charge is 0.395 e. The van der Waals surface area contributed by atoms with Crippen LogP contribution in [0.3, 0.4) is 0 Å². The average molecular weight is 159 g/mol. The SMILES string of the molecule is CC(C)C(=O)CN(C)CCO. The van der Waals surface area contributed by atoms with E-state index in [-0.39, 0.29) is 18.3 Å². The number of aliphatic hydroxyl groups is 1. The standard InChI is InChI=1S/C8H17NO2/c1-7(2)8(11)6-9(3)4-5-10/h7,10H,4-6H2,1-3H3. The van der Waals surface area contributed by atoms with Crippen molar-refractivity contribution in [1.29, 1.82) is 0 Å². The van der Waals surface area contributed by atoms with Crippen molar-refractivity contribution < 1.29 is 9.90 Å². The van der Waals surface area contributed by atoms with Crippen LogP contribution in [0.4, 0.5) is 0 Å². The van der Waals surface area contributed by atoms with Crippen LogP contribution in [0.1, 0.15) is 13.8 Å². The van der Waals surface area contributed by atoms with Gasteiger partial charge >= 0.3 is 0 Å². The summed E-state index contributed by atoms with van der Waals surface area (Å²) in [6, 6.07) is 0. The molecule has 0 aliphatic heterocycles. The first kappa shape index (κ1) is 10.6. The molecule has 11 heavy (non-hydrogen) atoms. The second-order valence-corrected chi connectivity index (χ2v) is 3.08. The second-order valence-electron chi connectivity index (χ2n) is 3.08. The van der Waals surface area contributed by atoms with E-state index in [1.54, 1.807) is 0 Å². The molecule has 0 spiro atoms. The molecule has 0 fully saturated rings. The van der Waals surface area contributed by atoms with Crippen molar-refractivity contribution in [2.24, 2.45) is 5.92 Å². The summed E-state index contributed by atoms with van der Waals surface area (Å²) >= 11 is 0. The Kier molecular flexibility index (Phi) is 5.07. The third-order valence-corrected chi connectivity index (χ3v) is 1.55. The summed E-state index contributed by atoms with van der Waals surface area (Å²) in [6.07, 6.45) is 0. The highest BCUT2D eigenvalue weighted by atomic mass is 16.3. The molecular formula is C8H17NO2. The van der Waals surface area contributed by atoms with Crippen LogP contribution in [0, 0.1) is 5.92 Å². The van der Waals surface area contributed by atoms with Gasteiger partial charge in [0.25, 0.3) is 0 Å². The van der Waals surface area contributed by atoms with Gasteiger partial charge in [0.1, 0.15) is 5.78 Å². The Bertz CT molecular complexity index is 123. The lowest BCUT2D eigenvalue weighted by Crippen LogP contribution is -2.30. The van der Waals surface area contributed by atoms with Gasteiger partial charge in [-0.1, -0.05) is 13.8 Å². The molecular weight excluding hydrogens is 142 g/mol. The molecule has 0 radical (unpaired) electrons. The Morgan fingerprint density at radius 2 is 2.09 bits per heavy atom. The van der Waals surface area contributed by atoms with Crippen molar-refractivity contribution in [2.75, 3.05) is 26.7 Å². The zero-order chi connectivity index (χ0) is 8.85. The number of hydrogen-bond acceptors (Lipinski definition) is 3. The Labute approximate surface area is 68.0 Å². The maximum Gasteiger partial charge on any atom is 0.149 e. The number of likely N-dealkylation sites (N-methyl/N-ethyl adjacent to an activating group) is 1. The smallest absolute Gasteiger partial charge is 0.149 e. The molecule has 0 aliphatic carbocycles. The van der Waals surface area contributed by atoms with Gasteiger partial charge in [0, 0.05) is 12.5 Å². The number of carbonyl (C=O) groups excluding carboxylic acids is 1. The fourth-order valence-electron chi connectivity index (χ4n) is 0.698. The minimum atomic E-state index is 0.0937. The number of hydrogen-bond donors (Lipinski definition) is 1. The Morgan fingerprint density at radius 3 is 2.45 bits per heavy atom. The third-order valence-electron chi connectivity index (χ3n) is 1.55. The molecule has 3 nitrogen and oxygen atoms in total. The minimum Gasteiger partial charge on any atom is -0.395 e. The molecule has 0 aromatic rings. The molecule has 0 atom stereocenters. The molecule has 66 valence electrons. The number of Topliss-reactive ketones (excluding diaryl/α,β-unsaturated/α-hetero) is 1. The Balaban J connectivity index is 3.57. The quantitative estimate of drug-likeness (QED) is 0.620. The summed E-state index contributed by atoms with van der Waals surface area (Å²) in [5.41, 5.74) is 0. The summed E-state index contributed by atoms with van der Waals surface area (Å²) in [4.78, 5) is 12.9. The van der Waals surface area contributed by atoms with Crippen LogP contribution >= 0.6 is 0 Å². The third kappa shape index (κ3) is 4.93. The molecule has 0 amide bonds. The monoisotopic (exact) mass is 159 g/mol. The molecule has 0 aromatic heterocycles. The molecule has 0 aliphatic rings. The Morgan fingerprint density at radius 1 is 1.55 bits per heavy atom. The lowest BCUT2D eigenvalue weighted by molar-refractivity contribution is -0.122. The lowest BCUT2D eigenvalue weighted by Gasteiger charge is -2.14. The molecule has 0 rings (SSSR count). The van der Waals surface area contributed by atoms with E-state index in [0.29, 0.717) is 13.1 Å². The first-order valence-electron chi connectivity index (χ1n) is 3.90. The predicted molar refractivity (Wildman–Crippen MR) is 44.4 cm³/mol. The van der Waals surface area contributed by atoms with Crippen LogP contribution in [0.25, 0.3) is 0 Å². The van der Waals surface area contributed by atoms with E-state index in [2.05, 4.69) is 0 Å². The maximum absolute atomic E-state index is 11.1. The fourth-order valence-corrected chi connectivity index (χ4v) is 0.698. The number of ketones is 1. The summed E-state index contributed by atoms with van der Waals surface area (Å²) in [6.45, 7) is 4.89. The number of nitrogens with zero attached hydrogens (tertiary/aromatic N) is 1. The van der Waals surface area contributed by atoms with Gasteiger partial charge in [0.2, 0.25) is 0 Å². The molecule has 0 saturated carbocycles. The Hall–Kier alpha value is -0.410. The molecule has 0 unspecified atom stereocenters. The molecule has 0 aromatic carbocycles. The first-order chi connectivity index (χ1) is 5.07. The highest BCUT2D eigenvalue weighted by Gasteiger charge is 2.09. The summed E-state index contributed by atoms with van der Waals surface area (Å²) in [5.74, 6) is 0.317.